The maximum absolute atomic E-state index is 12.4. The van der Waals surface area contributed by atoms with E-state index in [1.807, 2.05) is 42.5 Å². The Bertz CT molecular complexity index is 878. The normalized spacial score (nSPS) is 20.6. The van der Waals surface area contributed by atoms with Crippen LogP contribution in [0.4, 0.5) is 10.5 Å². The first kappa shape index (κ1) is 23.4. The Morgan fingerprint density at radius 1 is 1.13 bits per heavy atom. The van der Waals surface area contributed by atoms with Gasteiger partial charge < -0.3 is 15.3 Å². The third kappa shape index (κ3) is 5.30. The van der Waals surface area contributed by atoms with Gasteiger partial charge in [-0.05, 0) is 60.7 Å². The Hall–Kier alpha value is -2.31. The highest BCUT2D eigenvalue weighted by atomic mass is 28.4. The van der Waals surface area contributed by atoms with E-state index in [1.54, 1.807) is 4.90 Å². The highest BCUT2D eigenvalue weighted by Gasteiger charge is 2.46. The molecule has 2 aromatic carbocycles. The number of nitrogens with zero attached hydrogens (tertiary/aromatic N) is 1. The number of likely N-dealkylation sites (tertiary alicyclic amines) is 1. The molecule has 168 valence electrons. The van der Waals surface area contributed by atoms with Crippen LogP contribution in [0.1, 0.15) is 50.8 Å². The third-order valence-electron chi connectivity index (χ3n) is 6.92. The highest BCUT2D eigenvalue weighted by molar-refractivity contribution is 6.74. The van der Waals surface area contributed by atoms with Crippen molar-refractivity contribution in [3.05, 3.63) is 65.7 Å². The Labute approximate surface area is 187 Å². The molecule has 0 spiro atoms. The zero-order valence-electron chi connectivity index (χ0n) is 19.3. The van der Waals surface area contributed by atoms with Crippen LogP contribution in [0.3, 0.4) is 0 Å². The van der Waals surface area contributed by atoms with Crippen molar-refractivity contribution >= 4 is 20.1 Å². The maximum atomic E-state index is 12.4. The monoisotopic (exact) mass is 440 g/mol. The zero-order valence-corrected chi connectivity index (χ0v) is 20.3. The minimum atomic E-state index is -2.12. The van der Waals surface area contributed by atoms with Crippen molar-refractivity contribution < 1.29 is 14.3 Å². The van der Waals surface area contributed by atoms with Crippen molar-refractivity contribution in [2.45, 2.75) is 76.4 Å². The van der Waals surface area contributed by atoms with Gasteiger partial charge in [0.1, 0.15) is 0 Å². The van der Waals surface area contributed by atoms with Crippen LogP contribution in [0.2, 0.25) is 18.1 Å². The molecule has 3 rings (SSSR count). The largest absolute Gasteiger partial charge is 0.465 e. The molecule has 31 heavy (non-hydrogen) atoms. The van der Waals surface area contributed by atoms with E-state index in [9.17, 15) is 9.90 Å². The van der Waals surface area contributed by atoms with E-state index in [1.165, 1.54) is 0 Å². The second kappa shape index (κ2) is 9.05. The fourth-order valence-corrected chi connectivity index (χ4v) is 5.42. The van der Waals surface area contributed by atoms with Crippen LogP contribution in [-0.4, -0.2) is 36.5 Å². The van der Waals surface area contributed by atoms with Crippen LogP contribution in [0.15, 0.2) is 54.6 Å². The lowest BCUT2D eigenvalue weighted by Crippen LogP contribution is -2.49. The molecule has 0 saturated carbocycles. The molecule has 1 aliphatic heterocycles. The fourth-order valence-electron chi connectivity index (χ4n) is 4.14. The molecular formula is C25H36N2O3Si. The first-order chi connectivity index (χ1) is 14.5. The molecule has 6 heteroatoms. The molecule has 1 amide bonds. The van der Waals surface area contributed by atoms with Gasteiger partial charge in [0, 0.05) is 11.7 Å². The van der Waals surface area contributed by atoms with Gasteiger partial charge >= 0.3 is 6.09 Å². The molecule has 1 aliphatic rings. The summed E-state index contributed by atoms with van der Waals surface area (Å²) < 4.78 is 6.88. The molecule has 2 aromatic rings. The Morgan fingerprint density at radius 3 is 2.29 bits per heavy atom. The van der Waals surface area contributed by atoms with E-state index < -0.39 is 14.4 Å². The van der Waals surface area contributed by atoms with Crippen LogP contribution in [0, 0.1) is 0 Å². The highest BCUT2D eigenvalue weighted by Crippen LogP contribution is 2.44. The molecule has 0 bridgehead atoms. The van der Waals surface area contributed by atoms with Crippen molar-refractivity contribution in [2.75, 3.05) is 5.73 Å². The molecule has 3 unspecified atom stereocenters. The lowest BCUT2D eigenvalue weighted by molar-refractivity contribution is 0.0598. The van der Waals surface area contributed by atoms with Crippen LogP contribution >= 0.6 is 0 Å². The predicted octanol–water partition coefficient (Wildman–Crippen LogP) is 6.09. The van der Waals surface area contributed by atoms with Crippen molar-refractivity contribution in [1.82, 2.24) is 4.90 Å². The van der Waals surface area contributed by atoms with E-state index in [2.05, 4.69) is 46.0 Å². The van der Waals surface area contributed by atoms with Gasteiger partial charge in [-0.2, -0.15) is 0 Å². The van der Waals surface area contributed by atoms with Gasteiger partial charge in [0.2, 0.25) is 0 Å². The number of rotatable bonds is 6. The minimum Gasteiger partial charge on any atom is -0.465 e. The SMILES string of the molecule is CC(C)(C)[Si](C)(C)OC(c1ccccc1)C1CCC(Cc2ccc(N)cc2)N1C(=O)O. The van der Waals surface area contributed by atoms with Crippen LogP contribution in [-0.2, 0) is 10.8 Å². The molecule has 3 N–H and O–H groups in total. The molecular weight excluding hydrogens is 404 g/mol. The van der Waals surface area contributed by atoms with E-state index in [0.717, 1.165) is 29.7 Å². The first-order valence-corrected chi connectivity index (χ1v) is 14.0. The van der Waals surface area contributed by atoms with Crippen LogP contribution in [0.25, 0.3) is 0 Å². The van der Waals surface area contributed by atoms with E-state index in [-0.39, 0.29) is 23.2 Å². The first-order valence-electron chi connectivity index (χ1n) is 11.1. The summed E-state index contributed by atoms with van der Waals surface area (Å²) in [5.74, 6) is 0. The predicted molar refractivity (Wildman–Crippen MR) is 129 cm³/mol. The van der Waals surface area contributed by atoms with Gasteiger partial charge in [-0.3, -0.25) is 4.90 Å². The second-order valence-corrected chi connectivity index (χ2v) is 14.9. The summed E-state index contributed by atoms with van der Waals surface area (Å²) in [6, 6.07) is 17.6. The summed E-state index contributed by atoms with van der Waals surface area (Å²) in [5.41, 5.74) is 8.69. The molecule has 1 fully saturated rings. The number of carboxylic acid groups (broad SMARTS) is 1. The van der Waals surface area contributed by atoms with Crippen LogP contribution < -0.4 is 5.73 Å². The number of nitrogen functional groups attached to an aromatic ring is 1. The van der Waals surface area contributed by atoms with Crippen molar-refractivity contribution in [1.29, 1.82) is 0 Å². The van der Waals surface area contributed by atoms with Crippen molar-refractivity contribution in [3.8, 4) is 0 Å². The quantitative estimate of drug-likeness (QED) is 0.421. The Kier molecular flexibility index (Phi) is 6.81. The Morgan fingerprint density at radius 2 is 1.74 bits per heavy atom. The average Bonchev–Trinajstić information content (AvgIpc) is 3.11. The molecule has 0 radical (unpaired) electrons. The Balaban J connectivity index is 1.92. The van der Waals surface area contributed by atoms with Gasteiger partial charge in [0.05, 0.1) is 12.1 Å². The summed E-state index contributed by atoms with van der Waals surface area (Å²) in [6.07, 6.45) is 1.16. The van der Waals surface area contributed by atoms with Gasteiger partial charge in [-0.15, -0.1) is 0 Å². The summed E-state index contributed by atoms with van der Waals surface area (Å²) >= 11 is 0. The average molecular weight is 441 g/mol. The number of amides is 1. The lowest BCUT2D eigenvalue weighted by atomic mass is 10.0. The molecule has 0 aromatic heterocycles. The number of nitrogens with two attached hydrogens (primary N) is 1. The smallest absolute Gasteiger partial charge is 0.407 e. The minimum absolute atomic E-state index is 0.0378. The summed E-state index contributed by atoms with van der Waals surface area (Å²) in [5, 5.41) is 10.2. The van der Waals surface area contributed by atoms with Crippen molar-refractivity contribution in [2.24, 2.45) is 0 Å². The zero-order chi connectivity index (χ0) is 22.8. The van der Waals surface area contributed by atoms with Gasteiger partial charge in [-0.1, -0.05) is 63.2 Å². The van der Waals surface area contributed by atoms with E-state index in [4.69, 9.17) is 10.2 Å². The number of carbonyl (C=O) groups is 1. The number of hydrogen-bond donors (Lipinski definition) is 2. The third-order valence-corrected chi connectivity index (χ3v) is 11.4. The lowest BCUT2D eigenvalue weighted by Gasteiger charge is -2.42. The second-order valence-electron chi connectivity index (χ2n) is 10.1. The summed E-state index contributed by atoms with van der Waals surface area (Å²) in [6.45, 7) is 11.1. The van der Waals surface area contributed by atoms with Gasteiger partial charge in [-0.25, -0.2) is 4.79 Å². The molecule has 1 heterocycles. The summed E-state index contributed by atoms with van der Waals surface area (Å²) in [7, 11) is -2.12. The van der Waals surface area contributed by atoms with Crippen LogP contribution in [0.5, 0.6) is 0 Å². The topological polar surface area (TPSA) is 75.8 Å². The van der Waals surface area contributed by atoms with E-state index in [0.29, 0.717) is 6.42 Å². The number of anilines is 1. The molecule has 1 saturated heterocycles. The molecule has 0 aliphatic carbocycles. The van der Waals surface area contributed by atoms with Gasteiger partial charge in [0.15, 0.2) is 8.32 Å². The van der Waals surface area contributed by atoms with Crippen molar-refractivity contribution in [3.63, 3.8) is 0 Å². The molecule has 5 nitrogen and oxygen atoms in total. The molecule has 3 atom stereocenters. The maximum Gasteiger partial charge on any atom is 0.407 e. The summed E-state index contributed by atoms with van der Waals surface area (Å²) in [4.78, 5) is 14.1. The van der Waals surface area contributed by atoms with Gasteiger partial charge in [0.25, 0.3) is 0 Å². The standard InChI is InChI=1S/C25H36N2O3Si/c1-25(2,3)31(4,5)30-23(19-9-7-6-8-10-19)22-16-15-21(27(22)24(28)29)17-18-11-13-20(26)14-12-18/h6-14,21-23H,15-17,26H2,1-5H3,(H,28,29). The van der Waals surface area contributed by atoms with E-state index >= 15 is 0 Å². The number of benzene rings is 2. The number of hydrogen-bond acceptors (Lipinski definition) is 3. The fraction of sp³-hybridized carbons (Fsp3) is 0.480.